The lowest BCUT2D eigenvalue weighted by Crippen LogP contribution is -2.60. The van der Waals surface area contributed by atoms with E-state index in [0.29, 0.717) is 17.8 Å². The van der Waals surface area contributed by atoms with E-state index in [1.807, 2.05) is 0 Å². The van der Waals surface area contributed by atoms with Crippen LogP contribution in [-0.4, -0.2) is 11.6 Å². The molecule has 4 bridgehead atoms. The van der Waals surface area contributed by atoms with Crippen molar-refractivity contribution < 1.29 is 18.0 Å². The van der Waals surface area contributed by atoms with E-state index in [4.69, 9.17) is 11.6 Å². The van der Waals surface area contributed by atoms with E-state index >= 15 is 0 Å². The Morgan fingerprint density at radius 2 is 1.64 bits per heavy atom. The van der Waals surface area contributed by atoms with Gasteiger partial charge in [0.15, 0.2) is 0 Å². The maximum Gasteiger partial charge on any atom is 0.417 e. The van der Waals surface area contributed by atoms with Crippen molar-refractivity contribution in [3.8, 4) is 0 Å². The SMILES string of the molecule is O=C(Nc1ccc(Cl)c(C(F)(F)F)c1)NC12CC3CC(CC(C3)C1)C2. The van der Waals surface area contributed by atoms with Crippen LogP contribution < -0.4 is 10.6 Å². The monoisotopic (exact) mass is 372 g/mol. The third kappa shape index (κ3) is 3.33. The minimum absolute atomic E-state index is 0.0963. The van der Waals surface area contributed by atoms with Crippen LogP contribution in [0.5, 0.6) is 0 Å². The maximum atomic E-state index is 12.9. The van der Waals surface area contributed by atoms with E-state index in [9.17, 15) is 18.0 Å². The molecule has 0 saturated heterocycles. The Hall–Kier alpha value is -1.43. The van der Waals surface area contributed by atoms with Gasteiger partial charge in [0.1, 0.15) is 0 Å². The Bertz CT molecular complexity index is 669. The summed E-state index contributed by atoms with van der Waals surface area (Å²) in [6, 6.07) is 2.99. The van der Waals surface area contributed by atoms with Crippen LogP contribution in [-0.2, 0) is 6.18 Å². The minimum atomic E-state index is -4.55. The zero-order valence-corrected chi connectivity index (χ0v) is 14.4. The molecular weight excluding hydrogens is 353 g/mol. The number of carbonyl (C=O) groups is 1. The van der Waals surface area contributed by atoms with Gasteiger partial charge in [0.2, 0.25) is 0 Å². The molecule has 4 fully saturated rings. The Morgan fingerprint density at radius 1 is 1.08 bits per heavy atom. The van der Waals surface area contributed by atoms with Gasteiger partial charge in [-0.15, -0.1) is 0 Å². The summed E-state index contributed by atoms with van der Waals surface area (Å²) in [7, 11) is 0. The molecule has 0 unspecified atom stereocenters. The third-order valence-corrected chi connectivity index (χ3v) is 6.28. The molecule has 0 radical (unpaired) electrons. The number of anilines is 1. The molecule has 0 heterocycles. The van der Waals surface area contributed by atoms with Crippen molar-refractivity contribution in [3.05, 3.63) is 28.8 Å². The van der Waals surface area contributed by atoms with Crippen LogP contribution in [0, 0.1) is 17.8 Å². The molecule has 136 valence electrons. The van der Waals surface area contributed by atoms with E-state index < -0.39 is 17.8 Å². The number of hydrogen-bond donors (Lipinski definition) is 2. The summed E-state index contributed by atoms with van der Waals surface area (Å²) in [5.41, 5.74) is -1.03. The molecular formula is C18H20ClF3N2O. The lowest BCUT2D eigenvalue weighted by molar-refractivity contribution is -0.137. The van der Waals surface area contributed by atoms with E-state index in [2.05, 4.69) is 10.6 Å². The summed E-state index contributed by atoms with van der Waals surface area (Å²) in [6.45, 7) is 0. The minimum Gasteiger partial charge on any atom is -0.332 e. The van der Waals surface area contributed by atoms with Gasteiger partial charge < -0.3 is 10.6 Å². The molecule has 4 aliphatic carbocycles. The molecule has 3 nitrogen and oxygen atoms in total. The topological polar surface area (TPSA) is 41.1 Å². The molecule has 1 aromatic carbocycles. The van der Waals surface area contributed by atoms with Gasteiger partial charge in [-0.25, -0.2) is 4.79 Å². The Kier molecular flexibility index (Phi) is 3.94. The van der Waals surface area contributed by atoms with Crippen LogP contribution in [0.1, 0.15) is 44.1 Å². The number of nitrogens with one attached hydrogen (secondary N) is 2. The van der Waals surface area contributed by atoms with Gasteiger partial charge in [0.05, 0.1) is 10.6 Å². The second-order valence-corrected chi connectivity index (χ2v) is 8.38. The highest BCUT2D eigenvalue weighted by molar-refractivity contribution is 6.31. The maximum absolute atomic E-state index is 12.9. The van der Waals surface area contributed by atoms with Gasteiger partial charge in [-0.2, -0.15) is 13.2 Å². The first-order valence-electron chi connectivity index (χ1n) is 8.68. The van der Waals surface area contributed by atoms with Gasteiger partial charge >= 0.3 is 12.2 Å². The predicted molar refractivity (Wildman–Crippen MR) is 89.5 cm³/mol. The number of benzene rings is 1. The summed E-state index contributed by atoms with van der Waals surface area (Å²) >= 11 is 5.61. The van der Waals surface area contributed by atoms with Gasteiger partial charge in [-0.05, 0) is 74.5 Å². The molecule has 2 N–H and O–H groups in total. The Morgan fingerprint density at radius 3 is 2.16 bits per heavy atom. The molecule has 5 rings (SSSR count). The van der Waals surface area contributed by atoms with Crippen LogP contribution in [0.4, 0.5) is 23.7 Å². The molecule has 4 aliphatic rings. The average Bonchev–Trinajstić information content (AvgIpc) is 2.46. The highest BCUT2D eigenvalue weighted by Gasteiger charge is 2.51. The fraction of sp³-hybridized carbons (Fsp3) is 0.611. The van der Waals surface area contributed by atoms with Crippen LogP contribution in [0.15, 0.2) is 18.2 Å². The second-order valence-electron chi connectivity index (χ2n) is 7.97. The molecule has 0 aromatic heterocycles. The Labute approximate surface area is 149 Å². The van der Waals surface area contributed by atoms with E-state index in [1.54, 1.807) is 0 Å². The van der Waals surface area contributed by atoms with Crippen molar-refractivity contribution >= 4 is 23.3 Å². The van der Waals surface area contributed by atoms with Gasteiger partial charge in [0.25, 0.3) is 0 Å². The second kappa shape index (κ2) is 5.79. The number of urea groups is 1. The summed E-state index contributed by atoms with van der Waals surface area (Å²) in [6.07, 6.45) is 2.19. The number of halogens is 4. The number of carbonyl (C=O) groups excluding carboxylic acids is 1. The molecule has 7 heteroatoms. The van der Waals surface area contributed by atoms with Gasteiger partial charge in [0, 0.05) is 11.2 Å². The first kappa shape index (κ1) is 17.0. The fourth-order valence-corrected chi connectivity index (χ4v) is 5.71. The van der Waals surface area contributed by atoms with E-state index in [1.165, 1.54) is 25.3 Å². The summed E-state index contributed by atoms with van der Waals surface area (Å²) < 4.78 is 38.8. The van der Waals surface area contributed by atoms with Gasteiger partial charge in [-0.3, -0.25) is 0 Å². The molecule has 0 atom stereocenters. The fourth-order valence-electron chi connectivity index (χ4n) is 5.49. The normalized spacial score (nSPS) is 33.4. The largest absolute Gasteiger partial charge is 0.417 e. The van der Waals surface area contributed by atoms with Crippen molar-refractivity contribution in [2.24, 2.45) is 17.8 Å². The van der Waals surface area contributed by atoms with Crippen LogP contribution in [0.2, 0.25) is 5.02 Å². The van der Waals surface area contributed by atoms with E-state index in [0.717, 1.165) is 31.4 Å². The first-order chi connectivity index (χ1) is 11.7. The van der Waals surface area contributed by atoms with Crippen LogP contribution >= 0.6 is 11.6 Å². The molecule has 2 amide bonds. The number of amides is 2. The summed E-state index contributed by atoms with van der Waals surface area (Å²) in [5, 5.41) is 5.25. The standard InChI is InChI=1S/C18H20ClF3N2O/c19-15-2-1-13(6-14(15)18(20,21)22)23-16(25)24-17-7-10-3-11(8-17)5-12(4-10)9-17/h1-2,6,10-12H,3-5,7-9H2,(H2,23,24,25). The van der Waals surface area contributed by atoms with Gasteiger partial charge in [-0.1, -0.05) is 11.6 Å². The molecule has 1 aromatic rings. The zero-order valence-electron chi connectivity index (χ0n) is 13.6. The summed E-state index contributed by atoms with van der Waals surface area (Å²) in [4.78, 5) is 12.4. The smallest absolute Gasteiger partial charge is 0.332 e. The number of hydrogen-bond acceptors (Lipinski definition) is 1. The molecule has 25 heavy (non-hydrogen) atoms. The van der Waals surface area contributed by atoms with Crippen molar-refractivity contribution in [1.29, 1.82) is 0 Å². The average molecular weight is 373 g/mol. The lowest BCUT2D eigenvalue weighted by Gasteiger charge is -2.56. The zero-order chi connectivity index (χ0) is 17.8. The van der Waals surface area contributed by atoms with Crippen LogP contribution in [0.25, 0.3) is 0 Å². The predicted octanol–water partition coefficient (Wildman–Crippen LogP) is 5.45. The van der Waals surface area contributed by atoms with Crippen molar-refractivity contribution in [2.45, 2.75) is 50.2 Å². The van der Waals surface area contributed by atoms with Crippen molar-refractivity contribution in [2.75, 3.05) is 5.32 Å². The quantitative estimate of drug-likeness (QED) is 0.712. The van der Waals surface area contributed by atoms with Crippen molar-refractivity contribution in [1.82, 2.24) is 5.32 Å². The molecule has 4 saturated carbocycles. The Balaban J connectivity index is 1.46. The highest BCUT2D eigenvalue weighted by Crippen LogP contribution is 2.55. The first-order valence-corrected chi connectivity index (χ1v) is 9.06. The lowest BCUT2D eigenvalue weighted by atomic mass is 9.53. The number of alkyl halides is 3. The summed E-state index contributed by atoms with van der Waals surface area (Å²) in [5.74, 6) is 2.04. The number of rotatable bonds is 2. The molecule has 0 spiro atoms. The third-order valence-electron chi connectivity index (χ3n) is 5.95. The highest BCUT2D eigenvalue weighted by atomic mass is 35.5. The van der Waals surface area contributed by atoms with Crippen molar-refractivity contribution in [3.63, 3.8) is 0 Å². The molecule has 0 aliphatic heterocycles. The van der Waals surface area contributed by atoms with E-state index in [-0.39, 0.29) is 16.2 Å². The van der Waals surface area contributed by atoms with Crippen LogP contribution in [0.3, 0.4) is 0 Å².